The van der Waals surface area contributed by atoms with Gasteiger partial charge >= 0.3 is 0 Å². The molecular formula is C15H17NO3. The maximum absolute atomic E-state index is 11.7. The Morgan fingerprint density at radius 3 is 2.11 bits per heavy atom. The van der Waals surface area contributed by atoms with Crippen molar-refractivity contribution in [1.82, 2.24) is 0 Å². The molecule has 4 heteroatoms. The molecule has 0 fully saturated rings. The Kier molecular flexibility index (Phi) is 4.92. The Bertz CT molecular complexity index is 473. The van der Waals surface area contributed by atoms with Crippen molar-refractivity contribution in [2.75, 3.05) is 0 Å². The summed E-state index contributed by atoms with van der Waals surface area (Å²) in [7, 11) is 0. The number of rotatable bonds is 7. The molecule has 0 aliphatic heterocycles. The Hall–Kier alpha value is -2.04. The van der Waals surface area contributed by atoms with Crippen LogP contribution in [0.4, 0.5) is 0 Å². The lowest BCUT2D eigenvalue weighted by Gasteiger charge is -2.29. The minimum Gasteiger partial charge on any atom is -0.373 e. The standard InChI is InChI=1S/C15H17NO3/c1-3-13(17)15(19,14(18)4-2)12(16)10-11-8-6-5-7-9-11/h3-9,12,19H,1-2,10,16H2/t12-/m0/s1. The number of carbonyl (C=O) groups excluding carboxylic acids is 2. The largest absolute Gasteiger partial charge is 0.373 e. The monoisotopic (exact) mass is 259 g/mol. The SMILES string of the molecule is C=CC(=O)C(O)(C(=O)C=C)[C@@H](N)Cc1ccccc1. The van der Waals surface area contributed by atoms with Crippen molar-refractivity contribution in [1.29, 1.82) is 0 Å². The minimum absolute atomic E-state index is 0.191. The molecule has 0 heterocycles. The fraction of sp³-hybridized carbons (Fsp3) is 0.200. The van der Waals surface area contributed by atoms with Gasteiger partial charge in [0.05, 0.1) is 6.04 Å². The first kappa shape index (κ1) is 15.0. The third-order valence-electron chi connectivity index (χ3n) is 2.96. The first-order valence-electron chi connectivity index (χ1n) is 5.82. The van der Waals surface area contributed by atoms with E-state index in [4.69, 9.17) is 5.73 Å². The average Bonchev–Trinajstić information content (AvgIpc) is 2.45. The predicted molar refractivity (Wildman–Crippen MR) is 73.5 cm³/mol. The van der Waals surface area contributed by atoms with Gasteiger partial charge in [0.15, 0.2) is 11.6 Å². The topological polar surface area (TPSA) is 80.4 Å². The first-order chi connectivity index (χ1) is 8.96. The van der Waals surface area contributed by atoms with Crippen molar-refractivity contribution < 1.29 is 14.7 Å². The highest BCUT2D eigenvalue weighted by Crippen LogP contribution is 2.18. The summed E-state index contributed by atoms with van der Waals surface area (Å²) < 4.78 is 0. The Balaban J connectivity index is 3.05. The molecule has 0 aliphatic carbocycles. The number of benzene rings is 1. The van der Waals surface area contributed by atoms with Crippen LogP contribution in [0, 0.1) is 0 Å². The van der Waals surface area contributed by atoms with Crippen LogP contribution < -0.4 is 5.73 Å². The van der Waals surface area contributed by atoms with E-state index in [1.807, 2.05) is 18.2 Å². The molecule has 1 aromatic carbocycles. The minimum atomic E-state index is -2.31. The van der Waals surface area contributed by atoms with E-state index in [2.05, 4.69) is 13.2 Å². The van der Waals surface area contributed by atoms with Crippen LogP contribution in [-0.2, 0) is 16.0 Å². The predicted octanol–water partition coefficient (Wildman–Crippen LogP) is 0.798. The number of carbonyl (C=O) groups is 2. The quantitative estimate of drug-likeness (QED) is 0.560. The summed E-state index contributed by atoms with van der Waals surface area (Å²) in [5, 5.41) is 10.3. The van der Waals surface area contributed by atoms with E-state index in [9.17, 15) is 14.7 Å². The van der Waals surface area contributed by atoms with Crippen LogP contribution in [0.3, 0.4) is 0 Å². The molecule has 0 bridgehead atoms. The maximum atomic E-state index is 11.7. The zero-order valence-electron chi connectivity index (χ0n) is 10.6. The van der Waals surface area contributed by atoms with E-state index in [0.29, 0.717) is 0 Å². The number of hydrogen-bond donors (Lipinski definition) is 2. The third kappa shape index (κ3) is 3.05. The molecule has 1 aromatic rings. The fourth-order valence-electron chi connectivity index (χ4n) is 1.81. The molecule has 3 N–H and O–H groups in total. The summed E-state index contributed by atoms with van der Waals surface area (Å²) in [5.74, 6) is -1.64. The molecule has 1 atom stereocenters. The van der Waals surface area contributed by atoms with Crippen LogP contribution >= 0.6 is 0 Å². The number of nitrogens with two attached hydrogens (primary N) is 1. The van der Waals surface area contributed by atoms with Crippen molar-refractivity contribution in [2.24, 2.45) is 5.73 Å². The Morgan fingerprint density at radius 2 is 1.68 bits per heavy atom. The van der Waals surface area contributed by atoms with Crippen LogP contribution in [0.2, 0.25) is 0 Å². The number of hydrogen-bond acceptors (Lipinski definition) is 4. The maximum Gasteiger partial charge on any atom is 0.204 e. The van der Waals surface area contributed by atoms with Gasteiger partial charge in [-0.3, -0.25) is 9.59 Å². The van der Waals surface area contributed by atoms with E-state index >= 15 is 0 Å². The third-order valence-corrected chi connectivity index (χ3v) is 2.96. The highest BCUT2D eigenvalue weighted by molar-refractivity contribution is 6.18. The van der Waals surface area contributed by atoms with Gasteiger partial charge < -0.3 is 10.8 Å². The van der Waals surface area contributed by atoms with Gasteiger partial charge in [-0.05, 0) is 24.1 Å². The van der Waals surface area contributed by atoms with Crippen molar-refractivity contribution in [3.63, 3.8) is 0 Å². The highest BCUT2D eigenvalue weighted by Gasteiger charge is 2.45. The van der Waals surface area contributed by atoms with Crippen LogP contribution in [-0.4, -0.2) is 28.3 Å². The molecule has 0 saturated carbocycles. The Labute approximate surface area is 112 Å². The lowest BCUT2D eigenvalue weighted by Crippen LogP contribution is -2.59. The molecule has 4 nitrogen and oxygen atoms in total. The van der Waals surface area contributed by atoms with E-state index in [1.165, 1.54) is 0 Å². The van der Waals surface area contributed by atoms with Crippen LogP contribution in [0.1, 0.15) is 5.56 Å². The summed E-state index contributed by atoms with van der Waals surface area (Å²) in [6, 6.07) is 8.00. The molecule has 0 amide bonds. The Morgan fingerprint density at radius 1 is 1.21 bits per heavy atom. The second kappa shape index (κ2) is 6.22. The van der Waals surface area contributed by atoms with E-state index in [0.717, 1.165) is 17.7 Å². The van der Waals surface area contributed by atoms with Crippen molar-refractivity contribution in [2.45, 2.75) is 18.1 Å². The molecule has 0 radical (unpaired) electrons. The van der Waals surface area contributed by atoms with Gasteiger partial charge in [-0.15, -0.1) is 0 Å². The van der Waals surface area contributed by atoms with Gasteiger partial charge in [0.25, 0.3) is 0 Å². The zero-order valence-corrected chi connectivity index (χ0v) is 10.6. The highest BCUT2D eigenvalue weighted by atomic mass is 16.3. The molecule has 0 unspecified atom stereocenters. The van der Waals surface area contributed by atoms with Crippen molar-refractivity contribution in [3.8, 4) is 0 Å². The average molecular weight is 259 g/mol. The van der Waals surface area contributed by atoms with Crippen LogP contribution in [0.15, 0.2) is 55.6 Å². The fourth-order valence-corrected chi connectivity index (χ4v) is 1.81. The summed E-state index contributed by atoms with van der Waals surface area (Å²) in [4.78, 5) is 23.5. The number of ketones is 2. The van der Waals surface area contributed by atoms with Crippen LogP contribution in [0.25, 0.3) is 0 Å². The van der Waals surface area contributed by atoms with Crippen LogP contribution in [0.5, 0.6) is 0 Å². The lowest BCUT2D eigenvalue weighted by atomic mass is 9.82. The normalized spacial score (nSPS) is 12.5. The van der Waals surface area contributed by atoms with Gasteiger partial charge in [-0.2, -0.15) is 0 Å². The molecule has 19 heavy (non-hydrogen) atoms. The molecule has 0 aromatic heterocycles. The summed E-state index contributed by atoms with van der Waals surface area (Å²) in [5.41, 5.74) is 4.37. The molecule has 0 saturated heterocycles. The van der Waals surface area contributed by atoms with Gasteiger partial charge in [-0.25, -0.2) is 0 Å². The van der Waals surface area contributed by atoms with Gasteiger partial charge in [-0.1, -0.05) is 43.5 Å². The second-order valence-electron chi connectivity index (χ2n) is 4.20. The van der Waals surface area contributed by atoms with Gasteiger partial charge in [0.1, 0.15) is 0 Å². The lowest BCUT2D eigenvalue weighted by molar-refractivity contribution is -0.146. The smallest absolute Gasteiger partial charge is 0.204 e. The van der Waals surface area contributed by atoms with E-state index < -0.39 is 23.2 Å². The molecular weight excluding hydrogens is 242 g/mol. The van der Waals surface area contributed by atoms with Crippen molar-refractivity contribution >= 4 is 11.6 Å². The summed E-state index contributed by atoms with van der Waals surface area (Å²) in [6.45, 7) is 6.56. The molecule has 1 rings (SSSR count). The zero-order chi connectivity index (χ0) is 14.5. The van der Waals surface area contributed by atoms with E-state index in [-0.39, 0.29) is 6.42 Å². The van der Waals surface area contributed by atoms with E-state index in [1.54, 1.807) is 12.1 Å². The van der Waals surface area contributed by atoms with Crippen molar-refractivity contribution in [3.05, 3.63) is 61.2 Å². The molecule has 0 aliphatic rings. The molecule has 0 spiro atoms. The summed E-state index contributed by atoms with van der Waals surface area (Å²) in [6.07, 6.45) is 1.98. The summed E-state index contributed by atoms with van der Waals surface area (Å²) >= 11 is 0. The molecule has 100 valence electrons. The first-order valence-corrected chi connectivity index (χ1v) is 5.82. The second-order valence-corrected chi connectivity index (χ2v) is 4.20. The number of aliphatic hydroxyl groups is 1. The van der Waals surface area contributed by atoms with Gasteiger partial charge in [0, 0.05) is 0 Å². The van der Waals surface area contributed by atoms with Gasteiger partial charge in [0.2, 0.25) is 5.60 Å².